The van der Waals surface area contributed by atoms with Crippen LogP contribution in [0.15, 0.2) is 60.3 Å². The SMILES string of the molecule is C=CCn1c(COc2ccc(CC)cc2)nnc1SCC(=O)Nc1ccc(C)c(Cl)c1. The summed E-state index contributed by atoms with van der Waals surface area (Å²) >= 11 is 7.43. The van der Waals surface area contributed by atoms with E-state index in [9.17, 15) is 4.79 Å². The Balaban J connectivity index is 1.60. The summed E-state index contributed by atoms with van der Waals surface area (Å²) in [6.07, 6.45) is 2.75. The molecule has 0 fully saturated rings. The number of anilines is 1. The van der Waals surface area contributed by atoms with Gasteiger partial charge >= 0.3 is 0 Å². The summed E-state index contributed by atoms with van der Waals surface area (Å²) in [5.74, 6) is 1.50. The average Bonchev–Trinajstić information content (AvgIpc) is 3.15. The maximum absolute atomic E-state index is 12.3. The van der Waals surface area contributed by atoms with Gasteiger partial charge in [-0.05, 0) is 48.7 Å². The van der Waals surface area contributed by atoms with Crippen molar-refractivity contribution in [2.24, 2.45) is 0 Å². The van der Waals surface area contributed by atoms with E-state index < -0.39 is 0 Å². The highest BCUT2D eigenvalue weighted by Crippen LogP contribution is 2.22. The molecule has 162 valence electrons. The Morgan fingerprint density at radius 3 is 2.71 bits per heavy atom. The number of hydrogen-bond donors (Lipinski definition) is 1. The molecule has 1 amide bonds. The van der Waals surface area contributed by atoms with Crippen molar-refractivity contribution < 1.29 is 9.53 Å². The standard InChI is InChI=1S/C23H25ClN4O2S/c1-4-12-28-21(14-30-19-10-7-17(5-2)8-11-19)26-27-23(28)31-15-22(29)25-18-9-6-16(3)20(24)13-18/h4,6-11,13H,1,5,12,14-15H2,2-3H3,(H,25,29). The van der Waals surface area contributed by atoms with Gasteiger partial charge in [0.25, 0.3) is 0 Å². The second kappa shape index (κ2) is 11.0. The highest BCUT2D eigenvalue weighted by atomic mass is 35.5. The minimum atomic E-state index is -0.146. The van der Waals surface area contributed by atoms with Crippen LogP contribution in [0.2, 0.25) is 5.02 Å². The van der Waals surface area contributed by atoms with Crippen LogP contribution in [0.3, 0.4) is 0 Å². The summed E-state index contributed by atoms with van der Waals surface area (Å²) in [6, 6.07) is 13.4. The topological polar surface area (TPSA) is 69.0 Å². The van der Waals surface area contributed by atoms with Gasteiger partial charge in [-0.15, -0.1) is 16.8 Å². The molecule has 0 bridgehead atoms. The van der Waals surface area contributed by atoms with Gasteiger partial charge in [-0.1, -0.05) is 54.6 Å². The van der Waals surface area contributed by atoms with Gasteiger partial charge in [0.1, 0.15) is 12.4 Å². The molecule has 1 N–H and O–H groups in total. The second-order valence-electron chi connectivity index (χ2n) is 6.89. The fraction of sp³-hybridized carbons (Fsp3) is 0.261. The van der Waals surface area contributed by atoms with Gasteiger partial charge in [-0.2, -0.15) is 0 Å². The minimum Gasteiger partial charge on any atom is -0.486 e. The van der Waals surface area contributed by atoms with Crippen LogP contribution in [0.1, 0.15) is 23.9 Å². The molecule has 0 aliphatic heterocycles. The molecule has 0 unspecified atom stereocenters. The summed E-state index contributed by atoms with van der Waals surface area (Å²) in [6.45, 7) is 8.64. The monoisotopic (exact) mass is 456 g/mol. The van der Waals surface area contributed by atoms with E-state index in [0.29, 0.717) is 28.2 Å². The molecule has 8 heteroatoms. The number of carbonyl (C=O) groups excluding carboxylic acids is 1. The van der Waals surface area contributed by atoms with Gasteiger partial charge < -0.3 is 10.1 Å². The van der Waals surface area contributed by atoms with E-state index in [4.69, 9.17) is 16.3 Å². The van der Waals surface area contributed by atoms with Crippen LogP contribution < -0.4 is 10.1 Å². The first-order valence-corrected chi connectivity index (χ1v) is 11.3. The zero-order valence-corrected chi connectivity index (χ0v) is 19.2. The van der Waals surface area contributed by atoms with Crippen LogP contribution in [0.5, 0.6) is 5.75 Å². The summed E-state index contributed by atoms with van der Waals surface area (Å²) in [5.41, 5.74) is 2.88. The van der Waals surface area contributed by atoms with Crippen molar-refractivity contribution in [3.05, 3.63) is 77.1 Å². The molecule has 3 rings (SSSR count). The predicted octanol–water partition coefficient (Wildman–Crippen LogP) is 5.30. The normalized spacial score (nSPS) is 10.7. The van der Waals surface area contributed by atoms with Gasteiger partial charge in [0.2, 0.25) is 5.91 Å². The number of nitrogens with zero attached hydrogens (tertiary/aromatic N) is 3. The Morgan fingerprint density at radius 1 is 1.26 bits per heavy atom. The maximum atomic E-state index is 12.3. The Labute approximate surface area is 191 Å². The van der Waals surface area contributed by atoms with Crippen molar-refractivity contribution in [2.45, 2.75) is 38.6 Å². The summed E-state index contributed by atoms with van der Waals surface area (Å²) < 4.78 is 7.76. The van der Waals surface area contributed by atoms with E-state index in [2.05, 4.69) is 29.0 Å². The van der Waals surface area contributed by atoms with Crippen molar-refractivity contribution in [1.82, 2.24) is 14.8 Å². The average molecular weight is 457 g/mol. The number of aromatic nitrogens is 3. The highest BCUT2D eigenvalue weighted by molar-refractivity contribution is 7.99. The van der Waals surface area contributed by atoms with Crippen LogP contribution >= 0.6 is 23.4 Å². The first kappa shape index (κ1) is 22.9. The Morgan fingerprint density at radius 2 is 2.03 bits per heavy atom. The van der Waals surface area contributed by atoms with E-state index in [0.717, 1.165) is 17.7 Å². The smallest absolute Gasteiger partial charge is 0.234 e. The lowest BCUT2D eigenvalue weighted by molar-refractivity contribution is -0.113. The first-order valence-electron chi connectivity index (χ1n) is 9.93. The Hall–Kier alpha value is -2.77. The van der Waals surface area contributed by atoms with Crippen LogP contribution in [0.25, 0.3) is 0 Å². The van der Waals surface area contributed by atoms with Crippen molar-refractivity contribution in [2.75, 3.05) is 11.1 Å². The largest absolute Gasteiger partial charge is 0.486 e. The zero-order valence-electron chi connectivity index (χ0n) is 17.6. The number of benzene rings is 2. The molecular formula is C23H25ClN4O2S. The summed E-state index contributed by atoms with van der Waals surface area (Å²) in [4.78, 5) is 12.3. The fourth-order valence-electron chi connectivity index (χ4n) is 2.81. The number of rotatable bonds is 10. The Bertz CT molecular complexity index is 1050. The number of allylic oxidation sites excluding steroid dienone is 1. The van der Waals surface area contributed by atoms with E-state index in [1.54, 1.807) is 12.1 Å². The number of thioether (sulfide) groups is 1. The summed E-state index contributed by atoms with van der Waals surface area (Å²) in [7, 11) is 0. The van der Waals surface area contributed by atoms with Crippen molar-refractivity contribution in [3.8, 4) is 5.75 Å². The number of carbonyl (C=O) groups is 1. The third-order valence-corrected chi connectivity index (χ3v) is 5.97. The minimum absolute atomic E-state index is 0.146. The second-order valence-corrected chi connectivity index (χ2v) is 8.23. The van der Waals surface area contributed by atoms with Crippen LogP contribution in [0.4, 0.5) is 5.69 Å². The van der Waals surface area contributed by atoms with E-state index in [1.165, 1.54) is 17.3 Å². The molecule has 0 aliphatic carbocycles. The highest BCUT2D eigenvalue weighted by Gasteiger charge is 2.14. The fourth-order valence-corrected chi connectivity index (χ4v) is 3.76. The molecule has 0 saturated carbocycles. The third kappa shape index (κ3) is 6.35. The van der Waals surface area contributed by atoms with Gasteiger partial charge in [-0.3, -0.25) is 9.36 Å². The number of aryl methyl sites for hydroxylation is 2. The molecule has 1 heterocycles. The molecule has 0 spiro atoms. The molecule has 0 radical (unpaired) electrons. The van der Waals surface area contributed by atoms with Gasteiger partial charge in [-0.25, -0.2) is 0 Å². The third-order valence-electron chi connectivity index (χ3n) is 4.59. The zero-order chi connectivity index (χ0) is 22.2. The lowest BCUT2D eigenvalue weighted by Gasteiger charge is -2.10. The maximum Gasteiger partial charge on any atom is 0.234 e. The molecule has 31 heavy (non-hydrogen) atoms. The molecule has 2 aromatic carbocycles. The molecule has 6 nitrogen and oxygen atoms in total. The first-order chi connectivity index (χ1) is 15.0. The molecule has 0 atom stereocenters. The van der Waals surface area contributed by atoms with Crippen molar-refractivity contribution in [1.29, 1.82) is 0 Å². The summed E-state index contributed by atoms with van der Waals surface area (Å²) in [5, 5.41) is 12.6. The van der Waals surface area contributed by atoms with E-state index in [-0.39, 0.29) is 18.3 Å². The van der Waals surface area contributed by atoms with Crippen LogP contribution in [-0.2, 0) is 24.4 Å². The number of halogens is 1. The molecule has 0 aliphatic rings. The molecule has 1 aromatic heterocycles. The van der Waals surface area contributed by atoms with Gasteiger partial charge in [0, 0.05) is 17.3 Å². The number of ether oxygens (including phenoxy) is 1. The number of hydrogen-bond acceptors (Lipinski definition) is 5. The van der Waals surface area contributed by atoms with E-state index >= 15 is 0 Å². The number of nitrogens with one attached hydrogen (secondary N) is 1. The van der Waals surface area contributed by atoms with Gasteiger partial charge in [0.05, 0.1) is 5.75 Å². The number of amides is 1. The molecule has 3 aromatic rings. The Kier molecular flexibility index (Phi) is 8.14. The van der Waals surface area contributed by atoms with Crippen LogP contribution in [-0.4, -0.2) is 26.4 Å². The quantitative estimate of drug-likeness (QED) is 0.331. The van der Waals surface area contributed by atoms with E-state index in [1.807, 2.05) is 47.9 Å². The molecular weight excluding hydrogens is 432 g/mol. The van der Waals surface area contributed by atoms with Gasteiger partial charge in [0.15, 0.2) is 11.0 Å². The lowest BCUT2D eigenvalue weighted by atomic mass is 10.2. The molecule has 0 saturated heterocycles. The van der Waals surface area contributed by atoms with Crippen molar-refractivity contribution in [3.63, 3.8) is 0 Å². The van der Waals surface area contributed by atoms with Crippen LogP contribution in [0, 0.1) is 6.92 Å². The predicted molar refractivity (Wildman–Crippen MR) is 126 cm³/mol. The van der Waals surface area contributed by atoms with Crippen molar-refractivity contribution >= 4 is 35.0 Å². The lowest BCUT2D eigenvalue weighted by Crippen LogP contribution is -2.15.